The zero-order valence-corrected chi connectivity index (χ0v) is 10.4. The van der Waals surface area contributed by atoms with Gasteiger partial charge in [0, 0.05) is 30.7 Å². The first-order chi connectivity index (χ1) is 8.38. The van der Waals surface area contributed by atoms with Gasteiger partial charge in [-0.15, -0.1) is 11.3 Å². The van der Waals surface area contributed by atoms with Crippen molar-refractivity contribution >= 4 is 11.3 Å². The molecule has 0 fully saturated rings. The number of aliphatic hydroxyl groups excluding tert-OH is 1. The Kier molecular flexibility index (Phi) is 4.67. The molecule has 0 aliphatic rings. The third kappa shape index (κ3) is 3.93. The minimum atomic E-state index is 0.186. The Morgan fingerprint density at radius 1 is 1.18 bits per heavy atom. The summed E-state index contributed by atoms with van der Waals surface area (Å²) in [5.41, 5.74) is 3.11. The maximum Gasteiger partial charge on any atom is 0.0794 e. The van der Waals surface area contributed by atoms with E-state index in [2.05, 4.69) is 22.0 Å². The molecule has 3 nitrogen and oxygen atoms in total. The fraction of sp³-hybridized carbons (Fsp3) is 0.308. The van der Waals surface area contributed by atoms with E-state index in [4.69, 9.17) is 5.11 Å². The van der Waals surface area contributed by atoms with Gasteiger partial charge in [-0.1, -0.05) is 30.3 Å². The Morgan fingerprint density at radius 3 is 2.65 bits per heavy atom. The van der Waals surface area contributed by atoms with Crippen molar-refractivity contribution in [3.63, 3.8) is 0 Å². The Morgan fingerprint density at radius 2 is 2.00 bits per heavy atom. The summed E-state index contributed by atoms with van der Waals surface area (Å²) in [6, 6.07) is 10.3. The molecule has 17 heavy (non-hydrogen) atoms. The van der Waals surface area contributed by atoms with Gasteiger partial charge in [-0.3, -0.25) is 9.88 Å². The number of hydrogen-bond donors (Lipinski definition) is 1. The molecule has 0 amide bonds. The molecule has 1 aromatic carbocycles. The van der Waals surface area contributed by atoms with E-state index in [1.807, 2.05) is 29.9 Å². The highest BCUT2D eigenvalue weighted by molar-refractivity contribution is 7.09. The van der Waals surface area contributed by atoms with Gasteiger partial charge >= 0.3 is 0 Å². The maximum atomic E-state index is 9.09. The Labute approximate surface area is 105 Å². The van der Waals surface area contributed by atoms with Crippen LogP contribution in [0.1, 0.15) is 10.4 Å². The molecule has 2 rings (SSSR count). The smallest absolute Gasteiger partial charge is 0.0794 e. The number of rotatable bonds is 6. The SMILES string of the molecule is OCCN(Cc1ccccc1)Cc1cncs1. The highest BCUT2D eigenvalue weighted by Gasteiger charge is 2.07. The summed E-state index contributed by atoms with van der Waals surface area (Å²) in [5, 5.41) is 9.09. The van der Waals surface area contributed by atoms with Crippen LogP contribution in [0.3, 0.4) is 0 Å². The zero-order valence-electron chi connectivity index (χ0n) is 9.62. The summed E-state index contributed by atoms with van der Waals surface area (Å²) >= 11 is 1.65. The lowest BCUT2D eigenvalue weighted by molar-refractivity contribution is 0.185. The second-order valence-electron chi connectivity index (χ2n) is 3.89. The Hall–Kier alpha value is -1.23. The normalized spacial score (nSPS) is 10.9. The maximum absolute atomic E-state index is 9.09. The fourth-order valence-corrected chi connectivity index (χ4v) is 2.37. The molecule has 0 aliphatic carbocycles. The number of aliphatic hydroxyl groups is 1. The van der Waals surface area contributed by atoms with E-state index < -0.39 is 0 Å². The molecular formula is C13H16N2OS. The lowest BCUT2D eigenvalue weighted by Crippen LogP contribution is -2.25. The molecule has 2 aromatic rings. The van der Waals surface area contributed by atoms with Gasteiger partial charge in [0.25, 0.3) is 0 Å². The Balaban J connectivity index is 1.97. The number of benzene rings is 1. The van der Waals surface area contributed by atoms with E-state index in [9.17, 15) is 0 Å². The van der Waals surface area contributed by atoms with E-state index in [0.29, 0.717) is 6.54 Å². The number of aromatic nitrogens is 1. The first-order valence-corrected chi connectivity index (χ1v) is 6.51. The van der Waals surface area contributed by atoms with E-state index in [1.54, 1.807) is 11.3 Å². The topological polar surface area (TPSA) is 36.4 Å². The molecule has 0 aliphatic heterocycles. The zero-order chi connectivity index (χ0) is 11.9. The van der Waals surface area contributed by atoms with Gasteiger partial charge in [0.05, 0.1) is 12.1 Å². The fourth-order valence-electron chi connectivity index (χ4n) is 1.74. The quantitative estimate of drug-likeness (QED) is 0.851. The van der Waals surface area contributed by atoms with Gasteiger partial charge in [-0.05, 0) is 5.56 Å². The van der Waals surface area contributed by atoms with Crippen molar-refractivity contribution in [3.05, 3.63) is 52.5 Å². The molecule has 0 saturated carbocycles. The molecule has 0 spiro atoms. The highest BCUT2D eigenvalue weighted by atomic mass is 32.1. The summed E-state index contributed by atoms with van der Waals surface area (Å²) < 4.78 is 0. The van der Waals surface area contributed by atoms with Crippen LogP contribution in [0.5, 0.6) is 0 Å². The molecule has 0 unspecified atom stereocenters. The molecule has 0 saturated heterocycles. The standard InChI is InChI=1S/C13H16N2OS/c16-7-6-15(10-13-8-14-11-17-13)9-12-4-2-1-3-5-12/h1-5,8,11,16H,6-7,9-10H2. The van der Waals surface area contributed by atoms with Crippen LogP contribution in [0.15, 0.2) is 42.0 Å². The van der Waals surface area contributed by atoms with E-state index >= 15 is 0 Å². The molecule has 0 radical (unpaired) electrons. The summed E-state index contributed by atoms with van der Waals surface area (Å²) in [6.07, 6.45) is 1.89. The predicted octanol–water partition coefficient (Wildman–Crippen LogP) is 2.14. The van der Waals surface area contributed by atoms with Gasteiger partial charge < -0.3 is 5.11 Å². The van der Waals surface area contributed by atoms with Crippen molar-refractivity contribution < 1.29 is 5.11 Å². The first kappa shape index (κ1) is 12.2. The monoisotopic (exact) mass is 248 g/mol. The van der Waals surface area contributed by atoms with Crippen molar-refractivity contribution in [2.75, 3.05) is 13.2 Å². The molecule has 1 heterocycles. The molecule has 1 N–H and O–H groups in total. The van der Waals surface area contributed by atoms with Crippen LogP contribution < -0.4 is 0 Å². The van der Waals surface area contributed by atoms with Crippen LogP contribution in [0.2, 0.25) is 0 Å². The average Bonchev–Trinajstić information content (AvgIpc) is 2.83. The first-order valence-electron chi connectivity index (χ1n) is 5.63. The van der Waals surface area contributed by atoms with E-state index in [1.165, 1.54) is 10.4 Å². The van der Waals surface area contributed by atoms with Crippen LogP contribution in [0.25, 0.3) is 0 Å². The van der Waals surface area contributed by atoms with Gasteiger partial charge in [0.2, 0.25) is 0 Å². The molecule has 90 valence electrons. The van der Waals surface area contributed by atoms with Gasteiger partial charge in [-0.2, -0.15) is 0 Å². The third-order valence-electron chi connectivity index (χ3n) is 2.53. The number of thiazole rings is 1. The molecule has 0 atom stereocenters. The van der Waals surface area contributed by atoms with E-state index in [0.717, 1.165) is 13.1 Å². The van der Waals surface area contributed by atoms with Crippen LogP contribution in [0, 0.1) is 0 Å². The second kappa shape index (κ2) is 6.49. The molecule has 1 aromatic heterocycles. The molecule has 0 bridgehead atoms. The predicted molar refractivity (Wildman–Crippen MR) is 69.8 cm³/mol. The minimum Gasteiger partial charge on any atom is -0.395 e. The van der Waals surface area contributed by atoms with Gasteiger partial charge in [-0.25, -0.2) is 0 Å². The molecule has 4 heteroatoms. The summed E-state index contributed by atoms with van der Waals surface area (Å²) in [4.78, 5) is 7.53. The summed E-state index contributed by atoms with van der Waals surface area (Å²) in [6.45, 7) is 2.58. The average molecular weight is 248 g/mol. The lowest BCUT2D eigenvalue weighted by atomic mass is 10.2. The third-order valence-corrected chi connectivity index (χ3v) is 3.29. The van der Waals surface area contributed by atoms with Crippen LogP contribution in [-0.4, -0.2) is 28.1 Å². The lowest BCUT2D eigenvalue weighted by Gasteiger charge is -2.20. The van der Waals surface area contributed by atoms with Crippen LogP contribution in [0.4, 0.5) is 0 Å². The van der Waals surface area contributed by atoms with Gasteiger partial charge in [0.15, 0.2) is 0 Å². The van der Waals surface area contributed by atoms with E-state index in [-0.39, 0.29) is 6.61 Å². The molecular weight excluding hydrogens is 232 g/mol. The largest absolute Gasteiger partial charge is 0.395 e. The summed E-state index contributed by atoms with van der Waals surface area (Å²) in [5.74, 6) is 0. The van der Waals surface area contributed by atoms with Crippen molar-refractivity contribution in [2.45, 2.75) is 13.1 Å². The van der Waals surface area contributed by atoms with Crippen molar-refractivity contribution in [2.24, 2.45) is 0 Å². The van der Waals surface area contributed by atoms with Gasteiger partial charge in [0.1, 0.15) is 0 Å². The van der Waals surface area contributed by atoms with Crippen molar-refractivity contribution in [3.8, 4) is 0 Å². The van der Waals surface area contributed by atoms with Crippen molar-refractivity contribution in [1.29, 1.82) is 0 Å². The highest BCUT2D eigenvalue weighted by Crippen LogP contribution is 2.12. The number of nitrogens with zero attached hydrogens (tertiary/aromatic N) is 2. The van der Waals surface area contributed by atoms with Crippen LogP contribution in [-0.2, 0) is 13.1 Å². The van der Waals surface area contributed by atoms with Crippen LogP contribution >= 0.6 is 11.3 Å². The van der Waals surface area contributed by atoms with Crippen molar-refractivity contribution in [1.82, 2.24) is 9.88 Å². The minimum absolute atomic E-state index is 0.186. The summed E-state index contributed by atoms with van der Waals surface area (Å²) in [7, 11) is 0. The second-order valence-corrected chi connectivity index (χ2v) is 4.86. The Bertz CT molecular complexity index is 416. The number of hydrogen-bond acceptors (Lipinski definition) is 4.